The number of ether oxygens (including phenoxy) is 1. The second-order valence-corrected chi connectivity index (χ2v) is 9.26. The highest BCUT2D eigenvalue weighted by molar-refractivity contribution is 7.99. The summed E-state index contributed by atoms with van der Waals surface area (Å²) in [4.78, 5) is 3.96. The van der Waals surface area contributed by atoms with Gasteiger partial charge in [-0.2, -0.15) is 0 Å². The lowest BCUT2D eigenvalue weighted by Gasteiger charge is -2.14. The zero-order valence-electron chi connectivity index (χ0n) is 15.9. The summed E-state index contributed by atoms with van der Waals surface area (Å²) in [6, 6.07) is 5.80. The summed E-state index contributed by atoms with van der Waals surface area (Å²) in [5.41, 5.74) is 1.97. The van der Waals surface area contributed by atoms with Gasteiger partial charge in [-0.05, 0) is 41.0 Å². The van der Waals surface area contributed by atoms with Crippen molar-refractivity contribution in [1.29, 1.82) is 0 Å². The van der Waals surface area contributed by atoms with Crippen LogP contribution in [0.4, 0.5) is 0 Å². The van der Waals surface area contributed by atoms with Crippen molar-refractivity contribution in [3.05, 3.63) is 41.7 Å². The van der Waals surface area contributed by atoms with E-state index >= 15 is 0 Å². The lowest BCUT2D eigenvalue weighted by atomic mass is 10.1. The number of tetrazole rings is 1. The fourth-order valence-electron chi connectivity index (χ4n) is 2.66. The van der Waals surface area contributed by atoms with Crippen LogP contribution < -0.4 is 4.74 Å². The molecule has 0 aliphatic heterocycles. The van der Waals surface area contributed by atoms with Crippen molar-refractivity contribution in [3.8, 4) is 5.75 Å². The summed E-state index contributed by atoms with van der Waals surface area (Å²) in [5.74, 6) is 1.64. The van der Waals surface area contributed by atoms with E-state index in [-0.39, 0.29) is 5.16 Å². The first-order valence-electron chi connectivity index (χ1n) is 8.64. The van der Waals surface area contributed by atoms with Crippen molar-refractivity contribution < 1.29 is 13.2 Å². The van der Waals surface area contributed by atoms with E-state index in [4.69, 9.17) is 4.74 Å². The Morgan fingerprint density at radius 3 is 2.82 bits per heavy atom. The van der Waals surface area contributed by atoms with E-state index in [0.717, 1.165) is 40.5 Å². The first-order chi connectivity index (χ1) is 13.4. The molecule has 0 aliphatic rings. The molecule has 9 nitrogen and oxygen atoms in total. The molecule has 3 aromatic rings. The topological polar surface area (TPSA) is 105 Å². The van der Waals surface area contributed by atoms with Crippen LogP contribution in [0.25, 0.3) is 0 Å². The van der Waals surface area contributed by atoms with E-state index in [9.17, 15) is 8.42 Å². The molecule has 2 aromatic heterocycles. The smallest absolute Gasteiger partial charge is 0.227 e. The second kappa shape index (κ2) is 8.74. The Morgan fingerprint density at radius 1 is 1.29 bits per heavy atom. The number of sulfone groups is 1. The van der Waals surface area contributed by atoms with Crippen LogP contribution in [0.5, 0.6) is 5.75 Å². The zero-order valence-corrected chi connectivity index (χ0v) is 17.6. The number of aromatic nitrogens is 6. The summed E-state index contributed by atoms with van der Waals surface area (Å²) < 4.78 is 32.9. The van der Waals surface area contributed by atoms with Crippen LogP contribution in [0, 0.1) is 6.92 Å². The zero-order chi connectivity index (χ0) is 20.1. The highest BCUT2D eigenvalue weighted by Crippen LogP contribution is 2.23. The molecular weight excluding hydrogens is 400 g/mol. The van der Waals surface area contributed by atoms with Crippen LogP contribution in [0.2, 0.25) is 0 Å². The van der Waals surface area contributed by atoms with E-state index in [1.807, 2.05) is 32.2 Å². The second-order valence-electron chi connectivity index (χ2n) is 6.29. The monoisotopic (exact) mass is 422 g/mol. The van der Waals surface area contributed by atoms with Gasteiger partial charge < -0.3 is 9.30 Å². The molecule has 0 atom stereocenters. The molecule has 11 heteroatoms. The molecule has 0 saturated heterocycles. The van der Waals surface area contributed by atoms with E-state index in [0.29, 0.717) is 13.2 Å². The van der Waals surface area contributed by atoms with Gasteiger partial charge >= 0.3 is 0 Å². The molecule has 28 heavy (non-hydrogen) atoms. The quantitative estimate of drug-likeness (QED) is 0.379. The molecule has 3 rings (SSSR count). The third kappa shape index (κ3) is 4.90. The summed E-state index contributed by atoms with van der Waals surface area (Å²) in [5, 5.41) is 12.2. The average molecular weight is 423 g/mol. The van der Waals surface area contributed by atoms with Gasteiger partial charge in [0.1, 0.15) is 5.75 Å². The summed E-state index contributed by atoms with van der Waals surface area (Å²) >= 11 is 1.58. The highest BCUT2D eigenvalue weighted by Gasteiger charge is 2.16. The van der Waals surface area contributed by atoms with E-state index < -0.39 is 9.84 Å². The molecule has 0 unspecified atom stereocenters. The number of nitrogens with zero attached hydrogens (tertiary/aromatic N) is 6. The van der Waals surface area contributed by atoms with Gasteiger partial charge in [0.05, 0.1) is 13.2 Å². The van der Waals surface area contributed by atoms with Crippen LogP contribution in [-0.4, -0.2) is 56.8 Å². The number of imidazole rings is 1. The normalized spacial score (nSPS) is 11.7. The summed E-state index contributed by atoms with van der Waals surface area (Å²) in [7, 11) is -1.56. The molecule has 0 spiro atoms. The van der Waals surface area contributed by atoms with Crippen molar-refractivity contribution >= 4 is 21.6 Å². The Hall–Kier alpha value is -2.40. The maximum Gasteiger partial charge on any atom is 0.227 e. The van der Waals surface area contributed by atoms with E-state index in [2.05, 4.69) is 20.5 Å². The van der Waals surface area contributed by atoms with Gasteiger partial charge in [0, 0.05) is 31.4 Å². The van der Waals surface area contributed by atoms with Crippen LogP contribution >= 0.6 is 11.8 Å². The number of rotatable bonds is 9. The largest absolute Gasteiger partial charge is 0.493 e. The van der Waals surface area contributed by atoms with Crippen LogP contribution in [0.15, 0.2) is 40.9 Å². The minimum absolute atomic E-state index is 0.0634. The third-order valence-corrected chi connectivity index (χ3v) is 6.20. The van der Waals surface area contributed by atoms with Crippen molar-refractivity contribution in [2.24, 2.45) is 7.05 Å². The van der Waals surface area contributed by atoms with Crippen molar-refractivity contribution in [1.82, 2.24) is 29.8 Å². The Labute approximate surface area is 168 Å². The number of hydrogen-bond donors (Lipinski definition) is 0. The van der Waals surface area contributed by atoms with Crippen molar-refractivity contribution in [2.45, 2.75) is 30.2 Å². The van der Waals surface area contributed by atoms with Gasteiger partial charge in [0.25, 0.3) is 0 Å². The maximum atomic E-state index is 11.8. The van der Waals surface area contributed by atoms with Crippen LogP contribution in [-0.2, 0) is 23.4 Å². The molecule has 0 radical (unpaired) electrons. The fraction of sp³-hybridized carbons (Fsp3) is 0.412. The average Bonchev–Trinajstić information content (AvgIpc) is 3.26. The van der Waals surface area contributed by atoms with Gasteiger partial charge in [0.2, 0.25) is 20.2 Å². The molecule has 2 heterocycles. The molecule has 0 aliphatic carbocycles. The van der Waals surface area contributed by atoms with Crippen LogP contribution in [0.1, 0.15) is 17.5 Å². The Kier molecular flexibility index (Phi) is 6.35. The number of aryl methyl sites for hydroxylation is 1. The van der Waals surface area contributed by atoms with Gasteiger partial charge in [-0.15, -0.1) is 5.10 Å². The molecule has 0 bridgehead atoms. The van der Waals surface area contributed by atoms with Crippen LogP contribution in [0.3, 0.4) is 0 Å². The molecule has 150 valence electrons. The highest BCUT2D eigenvalue weighted by atomic mass is 32.2. The minimum atomic E-state index is -3.37. The van der Waals surface area contributed by atoms with Gasteiger partial charge in [-0.25, -0.2) is 18.1 Å². The predicted octanol–water partition coefficient (Wildman–Crippen LogP) is 1.73. The van der Waals surface area contributed by atoms with Crippen molar-refractivity contribution in [3.63, 3.8) is 0 Å². The predicted molar refractivity (Wildman–Crippen MR) is 105 cm³/mol. The number of benzene rings is 1. The molecule has 0 saturated carbocycles. The SMILES string of the molecule is Cc1c(Cn2ccnc2S(C)(=O)=O)cccc1OCCCSc1nnnn1C. The molecule has 0 N–H and O–H groups in total. The molecule has 1 aromatic carbocycles. The first kappa shape index (κ1) is 20.3. The lowest BCUT2D eigenvalue weighted by molar-refractivity contribution is 0.316. The summed E-state index contributed by atoms with van der Waals surface area (Å²) in [6.45, 7) is 2.96. The number of hydrogen-bond acceptors (Lipinski definition) is 8. The Balaban J connectivity index is 1.59. The van der Waals surface area contributed by atoms with Crippen molar-refractivity contribution in [2.75, 3.05) is 18.6 Å². The van der Waals surface area contributed by atoms with E-state index in [1.165, 1.54) is 6.20 Å². The van der Waals surface area contributed by atoms with Gasteiger partial charge in [0.15, 0.2) is 0 Å². The van der Waals surface area contributed by atoms with E-state index in [1.54, 1.807) is 27.2 Å². The molecule has 0 fully saturated rings. The maximum absolute atomic E-state index is 11.8. The summed E-state index contributed by atoms with van der Waals surface area (Å²) in [6.07, 6.45) is 5.17. The standard InChI is InChI=1S/C17H22N6O3S2/c1-13-14(12-23-9-8-18-17(23)28(3,24)25)6-4-7-15(13)26-10-5-11-27-16-19-20-21-22(16)2/h4,6-9H,5,10-12H2,1-3H3. The molecular formula is C17H22N6O3S2. The Morgan fingerprint density at radius 2 is 2.11 bits per heavy atom. The minimum Gasteiger partial charge on any atom is -0.493 e. The lowest BCUT2D eigenvalue weighted by Crippen LogP contribution is -2.11. The van der Waals surface area contributed by atoms with Gasteiger partial charge in [-0.3, -0.25) is 0 Å². The fourth-order valence-corrected chi connectivity index (χ4v) is 4.23. The first-order valence-corrected chi connectivity index (χ1v) is 11.5. The molecule has 0 amide bonds. The third-order valence-electron chi connectivity index (χ3n) is 4.10. The van der Waals surface area contributed by atoms with Gasteiger partial charge in [-0.1, -0.05) is 23.9 Å². The Bertz CT molecular complexity index is 1040. The number of thioether (sulfide) groups is 1.